The number of halogens is 1. The molecule has 2 N–H and O–H groups in total. The van der Waals surface area contributed by atoms with Crippen LogP contribution in [-0.4, -0.2) is 15.3 Å². The van der Waals surface area contributed by atoms with Crippen molar-refractivity contribution in [2.45, 2.75) is 13.5 Å². The summed E-state index contributed by atoms with van der Waals surface area (Å²) in [5, 5.41) is 0. The molecule has 0 saturated heterocycles. The molecular weight excluding hydrogens is 269 g/mol. The van der Waals surface area contributed by atoms with Crippen molar-refractivity contribution < 1.29 is 9.18 Å². The van der Waals surface area contributed by atoms with Gasteiger partial charge in [-0.1, -0.05) is 12.1 Å². The van der Waals surface area contributed by atoms with Crippen LogP contribution in [0.25, 0.3) is 11.0 Å². The van der Waals surface area contributed by atoms with Crippen LogP contribution in [-0.2, 0) is 6.54 Å². The van der Waals surface area contributed by atoms with Gasteiger partial charge in [0.15, 0.2) is 5.78 Å². The summed E-state index contributed by atoms with van der Waals surface area (Å²) in [5.74, 6) is -0.157. The largest absolute Gasteiger partial charge is 0.369 e. The zero-order chi connectivity index (χ0) is 15.0. The second-order valence-electron chi connectivity index (χ2n) is 4.93. The van der Waals surface area contributed by atoms with Gasteiger partial charge in [-0.25, -0.2) is 9.37 Å². The highest BCUT2D eigenvalue weighted by molar-refractivity contribution is 5.97. The lowest BCUT2D eigenvalue weighted by molar-refractivity contribution is 0.0974. The van der Waals surface area contributed by atoms with E-state index in [1.807, 2.05) is 24.3 Å². The van der Waals surface area contributed by atoms with Crippen molar-refractivity contribution in [1.29, 1.82) is 0 Å². The molecule has 0 radical (unpaired) electrons. The summed E-state index contributed by atoms with van der Waals surface area (Å²) in [6.07, 6.45) is 0. The van der Waals surface area contributed by atoms with Crippen molar-refractivity contribution in [2.75, 3.05) is 5.73 Å². The van der Waals surface area contributed by atoms with Crippen LogP contribution >= 0.6 is 0 Å². The van der Waals surface area contributed by atoms with Gasteiger partial charge in [-0.2, -0.15) is 0 Å². The third kappa shape index (κ3) is 2.38. The van der Waals surface area contributed by atoms with Gasteiger partial charge in [0.05, 0.1) is 17.6 Å². The third-order valence-corrected chi connectivity index (χ3v) is 3.47. The number of aromatic nitrogens is 2. The summed E-state index contributed by atoms with van der Waals surface area (Å²) in [4.78, 5) is 16.6. The van der Waals surface area contributed by atoms with Gasteiger partial charge >= 0.3 is 0 Å². The molecule has 0 aliphatic heterocycles. The molecule has 4 nitrogen and oxygen atoms in total. The highest BCUT2D eigenvalue weighted by Crippen LogP contribution is 2.18. The molecule has 0 aliphatic carbocycles. The second kappa shape index (κ2) is 5.01. The van der Waals surface area contributed by atoms with Gasteiger partial charge in [-0.3, -0.25) is 4.79 Å². The number of nitrogen functional groups attached to an aromatic ring is 1. The minimum Gasteiger partial charge on any atom is -0.369 e. The molecular formula is C16H14FN3O. The molecule has 5 heteroatoms. The summed E-state index contributed by atoms with van der Waals surface area (Å²) in [5.41, 5.74) is 8.34. The first-order valence-electron chi connectivity index (χ1n) is 6.56. The number of carbonyl (C=O) groups is 1. The average molecular weight is 283 g/mol. The van der Waals surface area contributed by atoms with Crippen LogP contribution in [0.2, 0.25) is 0 Å². The van der Waals surface area contributed by atoms with E-state index in [9.17, 15) is 9.18 Å². The maximum atomic E-state index is 13.3. The molecule has 3 aromatic rings. The number of hydrogen-bond donors (Lipinski definition) is 1. The van der Waals surface area contributed by atoms with Gasteiger partial charge < -0.3 is 10.3 Å². The molecule has 0 fully saturated rings. The normalized spacial score (nSPS) is 11.0. The molecule has 21 heavy (non-hydrogen) atoms. The lowest BCUT2D eigenvalue weighted by atomic mass is 10.1. The number of aryl methyl sites for hydroxylation is 1. The number of rotatable bonds is 3. The first-order valence-corrected chi connectivity index (χ1v) is 6.56. The zero-order valence-electron chi connectivity index (χ0n) is 11.5. The van der Waals surface area contributed by atoms with Crippen molar-refractivity contribution in [3.8, 4) is 0 Å². The molecule has 2 aromatic carbocycles. The fourth-order valence-electron chi connectivity index (χ4n) is 2.31. The second-order valence-corrected chi connectivity index (χ2v) is 4.93. The minimum atomic E-state index is -0.320. The number of ketones is 1. The predicted octanol–water partition coefficient (Wildman–Crippen LogP) is 2.95. The quantitative estimate of drug-likeness (QED) is 0.752. The van der Waals surface area contributed by atoms with E-state index in [1.165, 1.54) is 12.1 Å². The predicted molar refractivity (Wildman–Crippen MR) is 79.6 cm³/mol. The third-order valence-electron chi connectivity index (χ3n) is 3.47. The van der Waals surface area contributed by atoms with E-state index in [1.54, 1.807) is 17.6 Å². The SMILES string of the molecule is Cc1cc(C(=O)Cn2c(N)nc3ccccc32)ccc1F. The van der Waals surface area contributed by atoms with Gasteiger partial charge in [-0.15, -0.1) is 0 Å². The number of hydrogen-bond acceptors (Lipinski definition) is 3. The van der Waals surface area contributed by atoms with Crippen LogP contribution in [0, 0.1) is 12.7 Å². The van der Waals surface area contributed by atoms with Crippen LogP contribution in [0.5, 0.6) is 0 Å². The van der Waals surface area contributed by atoms with Gasteiger partial charge in [0.2, 0.25) is 5.95 Å². The van der Waals surface area contributed by atoms with E-state index in [4.69, 9.17) is 5.73 Å². The Balaban J connectivity index is 1.96. The molecule has 0 atom stereocenters. The summed E-state index contributed by atoms with van der Waals surface area (Å²) in [7, 11) is 0. The average Bonchev–Trinajstić information content (AvgIpc) is 2.78. The molecule has 0 aliphatic rings. The standard InChI is InChI=1S/C16H14FN3O/c1-10-8-11(6-7-12(10)17)15(21)9-20-14-5-3-2-4-13(14)19-16(20)18/h2-8H,9H2,1H3,(H2,18,19). The fraction of sp³-hybridized carbons (Fsp3) is 0.125. The number of para-hydroxylation sites is 2. The van der Waals surface area contributed by atoms with E-state index in [2.05, 4.69) is 4.98 Å². The van der Waals surface area contributed by atoms with E-state index in [-0.39, 0.29) is 18.1 Å². The number of benzene rings is 2. The Morgan fingerprint density at radius 1 is 1.29 bits per heavy atom. The summed E-state index contributed by atoms with van der Waals surface area (Å²) in [6, 6.07) is 11.8. The molecule has 106 valence electrons. The number of fused-ring (bicyclic) bond motifs is 1. The number of carbonyl (C=O) groups excluding carboxylic acids is 1. The van der Waals surface area contributed by atoms with E-state index >= 15 is 0 Å². The van der Waals surface area contributed by atoms with Gasteiger partial charge in [0, 0.05) is 5.56 Å². The summed E-state index contributed by atoms with van der Waals surface area (Å²) in [6.45, 7) is 1.71. The molecule has 0 unspecified atom stereocenters. The maximum Gasteiger partial charge on any atom is 0.201 e. The maximum absolute atomic E-state index is 13.3. The van der Waals surface area contributed by atoms with Crippen LogP contribution in [0.3, 0.4) is 0 Å². The lowest BCUT2D eigenvalue weighted by Crippen LogP contribution is -2.13. The van der Waals surface area contributed by atoms with Gasteiger partial charge in [-0.05, 0) is 42.8 Å². The first kappa shape index (κ1) is 13.3. The Kier molecular flexibility index (Phi) is 3.17. The Morgan fingerprint density at radius 3 is 2.81 bits per heavy atom. The van der Waals surface area contributed by atoms with Crippen molar-refractivity contribution in [3.63, 3.8) is 0 Å². The topological polar surface area (TPSA) is 60.9 Å². The molecule has 0 bridgehead atoms. The highest BCUT2D eigenvalue weighted by atomic mass is 19.1. The summed E-state index contributed by atoms with van der Waals surface area (Å²) >= 11 is 0. The molecule has 1 aromatic heterocycles. The van der Waals surface area contributed by atoms with Crippen LogP contribution in [0.4, 0.5) is 10.3 Å². The monoisotopic (exact) mass is 283 g/mol. The number of anilines is 1. The molecule has 0 saturated carbocycles. The van der Waals surface area contributed by atoms with Gasteiger partial charge in [0.25, 0.3) is 0 Å². The molecule has 3 rings (SSSR count). The highest BCUT2D eigenvalue weighted by Gasteiger charge is 2.13. The number of imidazole rings is 1. The molecule has 1 heterocycles. The van der Waals surface area contributed by atoms with Crippen LogP contribution in [0.15, 0.2) is 42.5 Å². The van der Waals surface area contributed by atoms with E-state index in [0.29, 0.717) is 17.1 Å². The van der Waals surface area contributed by atoms with Crippen LogP contribution < -0.4 is 5.73 Å². The minimum absolute atomic E-state index is 0.0808. The number of nitrogens with zero attached hydrogens (tertiary/aromatic N) is 2. The van der Waals surface area contributed by atoms with Crippen molar-refractivity contribution >= 4 is 22.8 Å². The number of nitrogens with two attached hydrogens (primary N) is 1. The van der Waals surface area contributed by atoms with Crippen molar-refractivity contribution in [3.05, 3.63) is 59.4 Å². The molecule has 0 amide bonds. The van der Waals surface area contributed by atoms with Gasteiger partial charge in [0.1, 0.15) is 5.82 Å². The lowest BCUT2D eigenvalue weighted by Gasteiger charge is -2.07. The van der Waals surface area contributed by atoms with Crippen molar-refractivity contribution in [1.82, 2.24) is 9.55 Å². The smallest absolute Gasteiger partial charge is 0.201 e. The Hall–Kier alpha value is -2.69. The van der Waals surface area contributed by atoms with Crippen LogP contribution in [0.1, 0.15) is 15.9 Å². The summed E-state index contributed by atoms with van der Waals surface area (Å²) < 4.78 is 14.9. The Labute approximate surface area is 121 Å². The fourth-order valence-corrected chi connectivity index (χ4v) is 2.31. The van der Waals surface area contributed by atoms with E-state index in [0.717, 1.165) is 11.0 Å². The van der Waals surface area contributed by atoms with Crippen molar-refractivity contribution in [2.24, 2.45) is 0 Å². The molecule has 0 spiro atoms. The Bertz CT molecular complexity index is 839. The zero-order valence-corrected chi connectivity index (χ0v) is 11.5. The first-order chi connectivity index (χ1) is 10.1. The number of Topliss-reactive ketones (excluding diaryl/α,β-unsaturated/α-hetero) is 1. The van der Waals surface area contributed by atoms with E-state index < -0.39 is 0 Å². The Morgan fingerprint density at radius 2 is 2.05 bits per heavy atom.